The highest BCUT2D eigenvalue weighted by Gasteiger charge is 2.26. The highest BCUT2D eigenvalue weighted by molar-refractivity contribution is 5.87. The number of benzene rings is 1. The van der Waals surface area contributed by atoms with E-state index in [0.717, 1.165) is 0 Å². The van der Waals surface area contributed by atoms with Gasteiger partial charge in [-0.05, 0) is 18.2 Å². The normalized spacial score (nSPS) is 14.1. The van der Waals surface area contributed by atoms with Crippen LogP contribution in [0.4, 0.5) is 32.1 Å². The average molecular weight is 469 g/mol. The molecule has 11 nitrogen and oxygen atoms in total. The van der Waals surface area contributed by atoms with E-state index >= 15 is 0 Å². The Labute approximate surface area is 192 Å². The van der Waals surface area contributed by atoms with Crippen molar-refractivity contribution in [1.29, 1.82) is 0 Å². The molecular weight excluding hydrogens is 448 g/mol. The van der Waals surface area contributed by atoms with Crippen molar-refractivity contribution in [2.24, 2.45) is 0 Å². The monoisotopic (exact) mass is 469 g/mol. The van der Waals surface area contributed by atoms with Gasteiger partial charge in [-0.3, -0.25) is 9.55 Å². The molecule has 5 rings (SSSR count). The fraction of sp³-hybridized carbons (Fsp3) is 0.286. The van der Waals surface area contributed by atoms with E-state index in [-0.39, 0.29) is 23.2 Å². The predicted octanol–water partition coefficient (Wildman–Crippen LogP) is 2.71. The maximum atomic E-state index is 14.1. The van der Waals surface area contributed by atoms with Crippen LogP contribution in [0.3, 0.4) is 0 Å². The number of nitrogens with one attached hydrogen (secondary N) is 1. The van der Waals surface area contributed by atoms with Crippen LogP contribution < -0.4 is 20.7 Å². The van der Waals surface area contributed by atoms with Crippen molar-refractivity contribution in [2.75, 3.05) is 49.4 Å². The zero-order chi connectivity index (χ0) is 23.7. The van der Waals surface area contributed by atoms with Crippen LogP contribution in [0.1, 0.15) is 12.2 Å². The van der Waals surface area contributed by atoms with E-state index in [0.29, 0.717) is 49.1 Å². The van der Waals surface area contributed by atoms with Crippen LogP contribution in [0.5, 0.6) is 5.75 Å². The topological polar surface area (TPSA) is 129 Å². The first-order valence-corrected chi connectivity index (χ1v) is 10.4. The first-order valence-electron chi connectivity index (χ1n) is 10.4. The summed E-state index contributed by atoms with van der Waals surface area (Å²) in [6, 6.07) is 6.59. The average Bonchev–Trinajstić information content (AvgIpc) is 3.24. The Balaban J connectivity index is 1.71. The molecule has 4 heterocycles. The summed E-state index contributed by atoms with van der Waals surface area (Å²) in [6.07, 6.45) is 0.324. The lowest BCUT2D eigenvalue weighted by atomic mass is 10.2. The summed E-state index contributed by atoms with van der Waals surface area (Å²) in [7, 11) is 1.42. The Kier molecular flexibility index (Phi) is 5.76. The van der Waals surface area contributed by atoms with Crippen molar-refractivity contribution in [3.63, 3.8) is 0 Å². The maximum absolute atomic E-state index is 14.1. The van der Waals surface area contributed by atoms with Gasteiger partial charge in [0.1, 0.15) is 11.3 Å². The molecule has 0 saturated carbocycles. The third-order valence-electron chi connectivity index (χ3n) is 5.21. The van der Waals surface area contributed by atoms with Crippen LogP contribution in [0.15, 0.2) is 36.7 Å². The largest absolute Gasteiger partial charge is 0.494 e. The molecule has 1 fully saturated rings. The minimum Gasteiger partial charge on any atom is -0.494 e. The number of rotatable bonds is 6. The summed E-state index contributed by atoms with van der Waals surface area (Å²) >= 11 is 0. The second-order valence-corrected chi connectivity index (χ2v) is 7.42. The summed E-state index contributed by atoms with van der Waals surface area (Å²) in [4.78, 5) is 23.6. The smallest absolute Gasteiger partial charge is 0.296 e. The van der Waals surface area contributed by atoms with Crippen molar-refractivity contribution in [1.82, 2.24) is 29.5 Å². The van der Waals surface area contributed by atoms with Crippen LogP contribution in [0, 0.1) is 0 Å². The Morgan fingerprint density at radius 3 is 2.62 bits per heavy atom. The van der Waals surface area contributed by atoms with Gasteiger partial charge in [-0.1, -0.05) is 0 Å². The van der Waals surface area contributed by atoms with Gasteiger partial charge in [-0.25, -0.2) is 13.8 Å². The van der Waals surface area contributed by atoms with E-state index in [1.165, 1.54) is 23.8 Å². The fourth-order valence-corrected chi connectivity index (χ4v) is 3.68. The van der Waals surface area contributed by atoms with Crippen molar-refractivity contribution >= 4 is 34.3 Å². The summed E-state index contributed by atoms with van der Waals surface area (Å²) in [5.41, 5.74) is 7.47. The predicted molar refractivity (Wildman–Crippen MR) is 121 cm³/mol. The van der Waals surface area contributed by atoms with Crippen molar-refractivity contribution < 1.29 is 18.3 Å². The quantitative estimate of drug-likeness (QED) is 0.407. The number of morpholine rings is 1. The van der Waals surface area contributed by atoms with Gasteiger partial charge in [0.2, 0.25) is 17.8 Å². The summed E-state index contributed by atoms with van der Waals surface area (Å²) in [6.45, 7) is 2.08. The number of halogens is 2. The first kappa shape index (κ1) is 21.7. The number of methoxy groups -OCH3 is 1. The lowest BCUT2D eigenvalue weighted by molar-refractivity contribution is 0.122. The number of imidazole rings is 1. The third-order valence-corrected chi connectivity index (χ3v) is 5.21. The lowest BCUT2D eigenvalue weighted by Crippen LogP contribution is -2.37. The third kappa shape index (κ3) is 4.12. The zero-order valence-corrected chi connectivity index (χ0v) is 18.2. The molecule has 0 amide bonds. The minimum atomic E-state index is -2.91. The Morgan fingerprint density at radius 2 is 1.91 bits per heavy atom. The molecule has 13 heteroatoms. The molecule has 34 heavy (non-hydrogen) atoms. The minimum absolute atomic E-state index is 0.0339. The van der Waals surface area contributed by atoms with Gasteiger partial charge >= 0.3 is 0 Å². The number of alkyl halides is 2. The van der Waals surface area contributed by atoms with Gasteiger partial charge < -0.3 is 25.4 Å². The fourth-order valence-electron chi connectivity index (χ4n) is 3.68. The number of ether oxygens (including phenoxy) is 2. The molecule has 1 saturated heterocycles. The molecule has 176 valence electrons. The molecule has 0 radical (unpaired) electrons. The van der Waals surface area contributed by atoms with Gasteiger partial charge in [0.15, 0.2) is 5.82 Å². The Hall–Kier alpha value is -4.13. The number of pyridine rings is 1. The second-order valence-electron chi connectivity index (χ2n) is 7.42. The van der Waals surface area contributed by atoms with Gasteiger partial charge in [0.05, 0.1) is 37.7 Å². The van der Waals surface area contributed by atoms with E-state index in [1.807, 2.05) is 4.90 Å². The lowest BCUT2D eigenvalue weighted by Gasteiger charge is -2.27. The number of nitrogens with two attached hydrogens (primary N) is 1. The molecule has 1 aliphatic heterocycles. The molecule has 1 aromatic carbocycles. The van der Waals surface area contributed by atoms with E-state index in [9.17, 15) is 8.78 Å². The number of fused-ring (bicyclic) bond motifs is 1. The van der Waals surface area contributed by atoms with Gasteiger partial charge in [0, 0.05) is 31.0 Å². The molecule has 3 aromatic heterocycles. The van der Waals surface area contributed by atoms with Crippen LogP contribution >= 0.6 is 0 Å². The van der Waals surface area contributed by atoms with Crippen LogP contribution in [0.2, 0.25) is 0 Å². The number of hydrogen-bond acceptors (Lipinski definition) is 10. The van der Waals surface area contributed by atoms with Crippen molar-refractivity contribution in [3.05, 3.63) is 42.5 Å². The second kappa shape index (κ2) is 9.02. The number of anilines is 4. The SMILES string of the molecule is COc1cc(N)cc2c1nc(C(F)F)n2-c1nc(Nc2cccnc2)nc(N2CCOCC2)n1. The maximum Gasteiger partial charge on any atom is 0.296 e. The van der Waals surface area contributed by atoms with Gasteiger partial charge in [-0.15, -0.1) is 0 Å². The molecule has 0 aliphatic carbocycles. The first-order chi connectivity index (χ1) is 16.5. The van der Waals surface area contributed by atoms with Crippen molar-refractivity contribution in [3.8, 4) is 11.7 Å². The molecule has 0 bridgehead atoms. The zero-order valence-electron chi connectivity index (χ0n) is 18.2. The summed E-state index contributed by atoms with van der Waals surface area (Å²) < 4.78 is 40.1. The number of hydrogen-bond donors (Lipinski definition) is 2. The molecule has 0 atom stereocenters. The molecule has 3 N–H and O–H groups in total. The van der Waals surface area contributed by atoms with Gasteiger partial charge in [-0.2, -0.15) is 15.0 Å². The van der Waals surface area contributed by atoms with Crippen LogP contribution in [-0.4, -0.2) is 62.9 Å². The molecule has 1 aliphatic rings. The van der Waals surface area contributed by atoms with E-state index < -0.39 is 12.2 Å². The molecule has 0 spiro atoms. The van der Waals surface area contributed by atoms with E-state index in [2.05, 4.69) is 30.2 Å². The highest BCUT2D eigenvalue weighted by atomic mass is 19.3. The number of aromatic nitrogens is 6. The summed E-state index contributed by atoms with van der Waals surface area (Å²) in [5, 5.41) is 3.06. The van der Waals surface area contributed by atoms with Crippen LogP contribution in [0.25, 0.3) is 17.0 Å². The van der Waals surface area contributed by atoms with Crippen LogP contribution in [-0.2, 0) is 4.74 Å². The summed E-state index contributed by atoms with van der Waals surface area (Å²) in [5.74, 6) is 0.181. The van der Waals surface area contributed by atoms with Crippen molar-refractivity contribution in [2.45, 2.75) is 6.43 Å². The number of nitrogen functional groups attached to an aromatic ring is 1. The van der Waals surface area contributed by atoms with E-state index in [4.69, 9.17) is 15.2 Å². The van der Waals surface area contributed by atoms with Gasteiger partial charge in [0.25, 0.3) is 6.43 Å². The molecule has 0 unspecified atom stereocenters. The standard InChI is InChI=1S/C21H21F2N9O2/c1-33-15-10-12(24)9-14-16(15)27-18(17(22)23)32(14)21-29-19(26-13-3-2-4-25-11-13)28-20(30-21)31-5-7-34-8-6-31/h2-4,9-11,17H,5-8,24H2,1H3,(H,26,28,29,30). The molecule has 4 aromatic rings. The number of nitrogens with zero attached hydrogens (tertiary/aromatic N) is 7. The van der Waals surface area contributed by atoms with E-state index in [1.54, 1.807) is 24.5 Å². The Morgan fingerprint density at radius 1 is 1.12 bits per heavy atom. The highest BCUT2D eigenvalue weighted by Crippen LogP contribution is 2.34. The molecular formula is C21H21F2N9O2. The Bertz CT molecular complexity index is 1310.